The number of benzene rings is 2. The van der Waals surface area contributed by atoms with Gasteiger partial charge in [0.2, 0.25) is 0 Å². The molecule has 166 valence electrons. The zero-order valence-corrected chi connectivity index (χ0v) is 17.8. The number of hydrogen-bond acceptors (Lipinski definition) is 9. The first-order valence-corrected chi connectivity index (χ1v) is 10.6. The lowest BCUT2D eigenvalue weighted by atomic mass is 10.2. The van der Waals surface area contributed by atoms with Crippen molar-refractivity contribution in [2.45, 2.75) is 4.90 Å². The highest BCUT2D eigenvalue weighted by atomic mass is 32.3. The van der Waals surface area contributed by atoms with Gasteiger partial charge in [0.15, 0.2) is 11.5 Å². The molecule has 0 bridgehead atoms. The van der Waals surface area contributed by atoms with Crippen LogP contribution in [0.2, 0.25) is 0 Å². The van der Waals surface area contributed by atoms with Crippen LogP contribution in [0, 0.1) is 0 Å². The van der Waals surface area contributed by atoms with Crippen LogP contribution in [0.3, 0.4) is 0 Å². The van der Waals surface area contributed by atoms with Gasteiger partial charge in [-0.25, -0.2) is 9.97 Å². The van der Waals surface area contributed by atoms with E-state index < -0.39 is 15.1 Å². The molecule has 0 aliphatic heterocycles. The van der Waals surface area contributed by atoms with Crippen LogP contribution in [0.25, 0.3) is 10.9 Å². The molecule has 1 heterocycles. The van der Waals surface area contributed by atoms with Crippen molar-refractivity contribution in [3.05, 3.63) is 42.7 Å². The van der Waals surface area contributed by atoms with Gasteiger partial charge in [0.1, 0.15) is 30.3 Å². The van der Waals surface area contributed by atoms with Crippen molar-refractivity contribution in [1.29, 1.82) is 0 Å². The summed E-state index contributed by atoms with van der Waals surface area (Å²) in [5, 5.41) is 3.60. The predicted octanol–water partition coefficient (Wildman–Crippen LogP) is 3.08. The van der Waals surface area contributed by atoms with Gasteiger partial charge in [-0.1, -0.05) is 6.07 Å². The monoisotopic (exact) mass is 451 g/mol. The fraction of sp³-hybridized carbons (Fsp3) is 0.300. The first kappa shape index (κ1) is 22.7. The summed E-state index contributed by atoms with van der Waals surface area (Å²) in [6, 6.07) is 8.80. The molecule has 0 saturated carbocycles. The summed E-state index contributed by atoms with van der Waals surface area (Å²) in [6.45, 7) is 1.41. The summed E-state index contributed by atoms with van der Waals surface area (Å²) in [7, 11) is -1.68. The van der Waals surface area contributed by atoms with Gasteiger partial charge < -0.3 is 24.3 Å². The van der Waals surface area contributed by atoms with Crippen LogP contribution in [-0.2, 0) is 19.7 Å². The average Bonchev–Trinajstić information content (AvgIpc) is 2.74. The minimum atomic E-state index is -4.83. The second kappa shape index (κ2) is 10.3. The summed E-state index contributed by atoms with van der Waals surface area (Å²) < 4.78 is 57.3. The molecule has 9 nitrogen and oxygen atoms in total. The minimum absolute atomic E-state index is 0.301. The standard InChI is InChI=1S/C20H22FN3O6S/c1-27-6-8-29-18-11-16-17(12-19(18)30-9-7-28-2)22-13-23-20(16)24-14-4-3-5-15(10-14)31(21,25)26/h3-5,10-13H,6-9H2,1-2H3,(H,22,23,24). The number of hydrogen-bond donors (Lipinski definition) is 1. The Balaban J connectivity index is 1.97. The van der Waals surface area contributed by atoms with E-state index in [4.69, 9.17) is 18.9 Å². The van der Waals surface area contributed by atoms with Gasteiger partial charge in [-0.05, 0) is 24.3 Å². The smallest absolute Gasteiger partial charge is 0.332 e. The Morgan fingerprint density at radius 3 is 2.26 bits per heavy atom. The van der Waals surface area contributed by atoms with Crippen LogP contribution in [-0.4, -0.2) is 59.0 Å². The molecule has 3 rings (SSSR count). The highest BCUT2D eigenvalue weighted by Gasteiger charge is 2.15. The third-order valence-corrected chi connectivity index (χ3v) is 4.99. The van der Waals surface area contributed by atoms with E-state index in [1.165, 1.54) is 24.5 Å². The number of nitrogens with one attached hydrogen (secondary N) is 1. The van der Waals surface area contributed by atoms with Crippen molar-refractivity contribution < 1.29 is 31.3 Å². The number of ether oxygens (including phenoxy) is 4. The summed E-state index contributed by atoms with van der Waals surface area (Å²) in [6.07, 6.45) is 1.35. The Morgan fingerprint density at radius 1 is 0.935 bits per heavy atom. The number of halogens is 1. The van der Waals surface area contributed by atoms with Gasteiger partial charge >= 0.3 is 10.2 Å². The molecule has 0 aliphatic carbocycles. The van der Waals surface area contributed by atoms with Gasteiger partial charge in [-0.15, -0.1) is 3.89 Å². The normalized spacial score (nSPS) is 11.5. The molecule has 0 atom stereocenters. The topological polar surface area (TPSA) is 109 Å². The van der Waals surface area contributed by atoms with Crippen LogP contribution < -0.4 is 14.8 Å². The van der Waals surface area contributed by atoms with Crippen molar-refractivity contribution in [2.75, 3.05) is 46.0 Å². The van der Waals surface area contributed by atoms with Crippen LogP contribution in [0.1, 0.15) is 0 Å². The SMILES string of the molecule is COCCOc1cc2ncnc(Nc3cccc(S(=O)(=O)F)c3)c2cc1OCCOC. The average molecular weight is 451 g/mol. The second-order valence-corrected chi connectivity index (χ2v) is 7.66. The van der Waals surface area contributed by atoms with Crippen LogP contribution in [0.4, 0.5) is 15.4 Å². The molecule has 2 aromatic carbocycles. The summed E-state index contributed by atoms with van der Waals surface area (Å²) in [5.41, 5.74) is 0.916. The third kappa shape index (κ3) is 6.00. The minimum Gasteiger partial charge on any atom is -0.487 e. The van der Waals surface area contributed by atoms with Gasteiger partial charge in [0, 0.05) is 31.4 Å². The maximum Gasteiger partial charge on any atom is 0.332 e. The molecule has 0 saturated heterocycles. The molecule has 11 heteroatoms. The second-order valence-electron chi connectivity index (χ2n) is 6.31. The van der Waals surface area contributed by atoms with E-state index in [1.54, 1.807) is 32.4 Å². The molecular formula is C20H22FN3O6S. The number of rotatable bonds is 11. The first-order valence-electron chi connectivity index (χ1n) is 9.26. The largest absolute Gasteiger partial charge is 0.487 e. The summed E-state index contributed by atoms with van der Waals surface area (Å²) >= 11 is 0. The summed E-state index contributed by atoms with van der Waals surface area (Å²) in [5.74, 6) is 1.33. The van der Waals surface area contributed by atoms with Crippen LogP contribution >= 0.6 is 0 Å². The zero-order chi connectivity index (χ0) is 22.3. The molecule has 0 amide bonds. The number of nitrogens with zero attached hydrogens (tertiary/aromatic N) is 2. The first-order chi connectivity index (χ1) is 14.9. The molecule has 1 N–H and O–H groups in total. The molecule has 0 radical (unpaired) electrons. The number of aromatic nitrogens is 2. The lowest BCUT2D eigenvalue weighted by molar-refractivity contribution is 0.132. The Bertz CT molecular complexity index is 1140. The van der Waals surface area contributed by atoms with E-state index >= 15 is 0 Å². The number of fused-ring (bicyclic) bond motifs is 1. The zero-order valence-electron chi connectivity index (χ0n) is 17.0. The predicted molar refractivity (Wildman–Crippen MR) is 112 cm³/mol. The maximum absolute atomic E-state index is 13.3. The third-order valence-electron chi connectivity index (χ3n) is 4.17. The quantitative estimate of drug-likeness (QED) is 0.347. The maximum atomic E-state index is 13.3. The molecule has 1 aromatic heterocycles. The highest BCUT2D eigenvalue weighted by Crippen LogP contribution is 2.35. The molecule has 0 spiro atoms. The Hall–Kier alpha value is -3.02. The number of methoxy groups -OCH3 is 2. The van der Waals surface area contributed by atoms with Gasteiger partial charge in [0.25, 0.3) is 0 Å². The Kier molecular flexibility index (Phi) is 7.55. The lowest BCUT2D eigenvalue weighted by Crippen LogP contribution is -2.09. The van der Waals surface area contributed by atoms with Crippen molar-refractivity contribution in [1.82, 2.24) is 9.97 Å². The van der Waals surface area contributed by atoms with E-state index in [0.29, 0.717) is 60.3 Å². The number of anilines is 2. The fourth-order valence-electron chi connectivity index (χ4n) is 2.72. The van der Waals surface area contributed by atoms with Crippen LogP contribution in [0.15, 0.2) is 47.6 Å². The highest BCUT2D eigenvalue weighted by molar-refractivity contribution is 7.86. The molecule has 0 aliphatic rings. The van der Waals surface area contributed by atoms with Gasteiger partial charge in [-0.2, -0.15) is 8.42 Å². The fourth-order valence-corrected chi connectivity index (χ4v) is 3.23. The van der Waals surface area contributed by atoms with Crippen molar-refractivity contribution >= 4 is 32.6 Å². The lowest BCUT2D eigenvalue weighted by Gasteiger charge is -2.15. The van der Waals surface area contributed by atoms with E-state index in [2.05, 4.69) is 15.3 Å². The Morgan fingerprint density at radius 2 is 1.61 bits per heavy atom. The molecule has 0 fully saturated rings. The van der Waals surface area contributed by atoms with E-state index in [0.717, 1.165) is 0 Å². The molecular weight excluding hydrogens is 429 g/mol. The van der Waals surface area contributed by atoms with E-state index in [9.17, 15) is 12.3 Å². The van der Waals surface area contributed by atoms with Crippen molar-refractivity contribution in [3.63, 3.8) is 0 Å². The van der Waals surface area contributed by atoms with E-state index in [-0.39, 0.29) is 0 Å². The molecule has 3 aromatic rings. The molecule has 0 unspecified atom stereocenters. The van der Waals surface area contributed by atoms with Crippen molar-refractivity contribution in [2.24, 2.45) is 0 Å². The molecule has 31 heavy (non-hydrogen) atoms. The van der Waals surface area contributed by atoms with Crippen molar-refractivity contribution in [3.8, 4) is 11.5 Å². The van der Waals surface area contributed by atoms with Crippen LogP contribution in [0.5, 0.6) is 11.5 Å². The van der Waals surface area contributed by atoms with Gasteiger partial charge in [-0.3, -0.25) is 0 Å². The van der Waals surface area contributed by atoms with Gasteiger partial charge in [0.05, 0.1) is 18.7 Å². The van der Waals surface area contributed by atoms with E-state index in [1.807, 2.05) is 0 Å². The summed E-state index contributed by atoms with van der Waals surface area (Å²) in [4.78, 5) is 8.05. The Labute approximate surface area is 179 Å².